The zero-order valence-corrected chi connectivity index (χ0v) is 13.0. The van der Waals surface area contributed by atoms with Gasteiger partial charge in [-0.15, -0.1) is 0 Å². The number of aromatic nitrogens is 2. The zero-order chi connectivity index (χ0) is 14.4. The van der Waals surface area contributed by atoms with Crippen molar-refractivity contribution in [3.05, 3.63) is 22.9 Å². The van der Waals surface area contributed by atoms with Crippen molar-refractivity contribution in [1.82, 2.24) is 14.5 Å². The molecule has 1 heterocycles. The van der Waals surface area contributed by atoms with Gasteiger partial charge < -0.3 is 5.32 Å². The van der Waals surface area contributed by atoms with Crippen LogP contribution in [0.3, 0.4) is 0 Å². The van der Waals surface area contributed by atoms with Crippen LogP contribution in [0.2, 0.25) is 0 Å². The number of imidazole rings is 1. The highest BCUT2D eigenvalue weighted by Crippen LogP contribution is 2.28. The average molecular weight is 279 g/mol. The van der Waals surface area contributed by atoms with Gasteiger partial charge in [0.25, 0.3) is 0 Å². The van der Waals surface area contributed by atoms with E-state index in [4.69, 9.17) is 0 Å². The molecule has 1 fully saturated rings. The summed E-state index contributed by atoms with van der Waals surface area (Å²) in [7, 11) is 0. The minimum absolute atomic E-state index is 0.146. The summed E-state index contributed by atoms with van der Waals surface area (Å²) in [5.41, 5.74) is 0.146. The van der Waals surface area contributed by atoms with Crippen LogP contribution in [0.25, 0.3) is 0 Å². The Bertz CT molecular complexity index is 443. The van der Waals surface area contributed by atoms with Gasteiger partial charge in [0.1, 0.15) is 0 Å². The van der Waals surface area contributed by atoms with Gasteiger partial charge in [0.05, 0.1) is 0 Å². The Hall–Kier alpha value is -1.03. The van der Waals surface area contributed by atoms with Crippen molar-refractivity contribution in [2.45, 2.75) is 71.5 Å². The summed E-state index contributed by atoms with van der Waals surface area (Å²) in [4.78, 5) is 12.3. The van der Waals surface area contributed by atoms with E-state index in [0.717, 1.165) is 38.4 Å². The van der Waals surface area contributed by atoms with Crippen molar-refractivity contribution in [2.75, 3.05) is 6.54 Å². The number of hydrogen-bond donors (Lipinski definition) is 1. The Balaban J connectivity index is 2.04. The Morgan fingerprint density at radius 3 is 2.55 bits per heavy atom. The van der Waals surface area contributed by atoms with Crippen molar-refractivity contribution < 1.29 is 0 Å². The smallest absolute Gasteiger partial charge is 0.312 e. The van der Waals surface area contributed by atoms with E-state index in [1.54, 1.807) is 0 Å². The summed E-state index contributed by atoms with van der Waals surface area (Å²) >= 11 is 0. The van der Waals surface area contributed by atoms with Crippen LogP contribution in [0.1, 0.15) is 52.4 Å². The molecule has 1 aliphatic carbocycles. The zero-order valence-electron chi connectivity index (χ0n) is 13.0. The molecule has 0 spiro atoms. The molecule has 0 amide bonds. The summed E-state index contributed by atoms with van der Waals surface area (Å²) in [5.74, 6) is 0.739. The van der Waals surface area contributed by atoms with E-state index in [9.17, 15) is 4.79 Å². The fourth-order valence-electron chi connectivity index (χ4n) is 3.29. The quantitative estimate of drug-likeness (QED) is 0.794. The molecule has 0 saturated heterocycles. The van der Waals surface area contributed by atoms with Crippen molar-refractivity contribution in [1.29, 1.82) is 0 Å². The molecule has 0 bridgehead atoms. The summed E-state index contributed by atoms with van der Waals surface area (Å²) < 4.78 is 3.72. The SMILES string of the molecule is CCCNC(Cn1ccn(CCC)c1=O)C1CCCC1. The molecule has 1 N–H and O–H groups in total. The first kappa shape index (κ1) is 15.4. The predicted octanol–water partition coefficient (Wildman–Crippen LogP) is 2.62. The third-order valence-electron chi connectivity index (χ3n) is 4.40. The van der Waals surface area contributed by atoms with Gasteiger partial charge in [-0.3, -0.25) is 9.13 Å². The minimum Gasteiger partial charge on any atom is -0.312 e. The summed E-state index contributed by atoms with van der Waals surface area (Å²) in [6, 6.07) is 0.452. The predicted molar refractivity (Wildman–Crippen MR) is 83.0 cm³/mol. The largest absolute Gasteiger partial charge is 0.328 e. The van der Waals surface area contributed by atoms with Crippen LogP contribution in [0, 0.1) is 5.92 Å². The van der Waals surface area contributed by atoms with Crippen molar-refractivity contribution in [3.63, 3.8) is 0 Å². The second-order valence-corrected chi connectivity index (χ2v) is 6.03. The van der Waals surface area contributed by atoms with Crippen LogP contribution < -0.4 is 11.0 Å². The maximum absolute atomic E-state index is 12.3. The van der Waals surface area contributed by atoms with E-state index in [1.165, 1.54) is 25.7 Å². The van der Waals surface area contributed by atoms with Gasteiger partial charge in [-0.25, -0.2) is 4.79 Å². The van der Waals surface area contributed by atoms with Gasteiger partial charge in [0.15, 0.2) is 0 Å². The highest BCUT2D eigenvalue weighted by molar-refractivity contribution is 4.87. The van der Waals surface area contributed by atoms with Crippen LogP contribution in [0.4, 0.5) is 0 Å². The molecule has 1 aromatic heterocycles. The molecule has 0 aromatic carbocycles. The number of aryl methyl sites for hydroxylation is 1. The summed E-state index contributed by atoms with van der Waals surface area (Å²) in [6.45, 7) is 6.99. The molecule has 20 heavy (non-hydrogen) atoms. The van der Waals surface area contributed by atoms with Gasteiger partial charge in [0.2, 0.25) is 0 Å². The first-order valence-electron chi connectivity index (χ1n) is 8.25. The lowest BCUT2D eigenvalue weighted by molar-refractivity contribution is 0.318. The third kappa shape index (κ3) is 3.75. The van der Waals surface area contributed by atoms with Crippen molar-refractivity contribution in [2.24, 2.45) is 5.92 Å². The topological polar surface area (TPSA) is 39.0 Å². The Labute approximate surface area is 122 Å². The standard InChI is InChI=1S/C16H29N3O/c1-3-9-17-15(14-7-5-6-8-14)13-19-12-11-18(10-4-2)16(19)20/h11-12,14-15,17H,3-10,13H2,1-2H3. The van der Waals surface area contributed by atoms with E-state index in [2.05, 4.69) is 19.2 Å². The molecule has 4 nitrogen and oxygen atoms in total. The molecule has 4 heteroatoms. The van der Waals surface area contributed by atoms with Crippen LogP contribution in [0.15, 0.2) is 17.2 Å². The van der Waals surface area contributed by atoms with E-state index < -0.39 is 0 Å². The van der Waals surface area contributed by atoms with Crippen LogP contribution in [-0.2, 0) is 13.1 Å². The Morgan fingerprint density at radius 1 is 1.20 bits per heavy atom. The second-order valence-electron chi connectivity index (χ2n) is 6.03. The summed E-state index contributed by atoms with van der Waals surface area (Å²) in [6.07, 6.45) is 11.4. The Kier molecular flexibility index (Phi) is 5.89. The average Bonchev–Trinajstić information content (AvgIpc) is 3.08. The fourth-order valence-corrected chi connectivity index (χ4v) is 3.29. The minimum atomic E-state index is 0.146. The number of hydrogen-bond acceptors (Lipinski definition) is 2. The van der Waals surface area contributed by atoms with E-state index >= 15 is 0 Å². The highest BCUT2D eigenvalue weighted by Gasteiger charge is 2.25. The van der Waals surface area contributed by atoms with Gasteiger partial charge >= 0.3 is 5.69 Å². The molecule has 1 unspecified atom stereocenters. The maximum atomic E-state index is 12.3. The van der Waals surface area contributed by atoms with Gasteiger partial charge in [-0.2, -0.15) is 0 Å². The number of rotatable bonds is 8. The summed E-state index contributed by atoms with van der Waals surface area (Å²) in [5, 5.41) is 3.66. The van der Waals surface area contributed by atoms with Crippen LogP contribution >= 0.6 is 0 Å². The molecular weight excluding hydrogens is 250 g/mol. The third-order valence-corrected chi connectivity index (χ3v) is 4.40. The number of nitrogens with zero attached hydrogens (tertiary/aromatic N) is 2. The lowest BCUT2D eigenvalue weighted by atomic mass is 9.98. The molecule has 114 valence electrons. The molecule has 1 aliphatic rings. The van der Waals surface area contributed by atoms with Gasteiger partial charge in [-0.1, -0.05) is 26.7 Å². The highest BCUT2D eigenvalue weighted by atomic mass is 16.1. The van der Waals surface area contributed by atoms with E-state index in [-0.39, 0.29) is 5.69 Å². The molecule has 1 saturated carbocycles. The van der Waals surface area contributed by atoms with Crippen LogP contribution in [-0.4, -0.2) is 21.7 Å². The van der Waals surface area contributed by atoms with Gasteiger partial charge in [-0.05, 0) is 38.1 Å². The molecule has 1 aromatic rings. The first-order valence-corrected chi connectivity index (χ1v) is 8.25. The monoisotopic (exact) mass is 279 g/mol. The van der Waals surface area contributed by atoms with E-state index in [0.29, 0.717) is 6.04 Å². The Morgan fingerprint density at radius 2 is 1.90 bits per heavy atom. The first-order chi connectivity index (χ1) is 9.76. The van der Waals surface area contributed by atoms with Crippen LogP contribution in [0.5, 0.6) is 0 Å². The molecule has 0 radical (unpaired) electrons. The molecule has 0 aliphatic heterocycles. The van der Waals surface area contributed by atoms with Crippen molar-refractivity contribution >= 4 is 0 Å². The number of nitrogens with one attached hydrogen (secondary N) is 1. The maximum Gasteiger partial charge on any atom is 0.328 e. The molecular formula is C16H29N3O. The van der Waals surface area contributed by atoms with Gasteiger partial charge in [0, 0.05) is 31.5 Å². The lowest BCUT2D eigenvalue weighted by Crippen LogP contribution is -2.41. The van der Waals surface area contributed by atoms with Crippen molar-refractivity contribution in [3.8, 4) is 0 Å². The fraction of sp³-hybridized carbons (Fsp3) is 0.812. The second kappa shape index (κ2) is 7.67. The normalized spacial score (nSPS) is 17.7. The lowest BCUT2D eigenvalue weighted by Gasteiger charge is -2.24. The van der Waals surface area contributed by atoms with E-state index in [1.807, 2.05) is 21.5 Å². The molecule has 1 atom stereocenters. The molecule has 2 rings (SSSR count).